The zero-order valence-electron chi connectivity index (χ0n) is 9.56. The van der Waals surface area contributed by atoms with Gasteiger partial charge in [0, 0.05) is 11.6 Å². The normalized spacial score (nSPS) is 16.9. The van der Waals surface area contributed by atoms with Crippen LogP contribution in [0.4, 0.5) is 5.69 Å². The number of nitro groups is 1. The lowest BCUT2D eigenvalue weighted by Gasteiger charge is -2.37. The van der Waals surface area contributed by atoms with E-state index in [1.165, 1.54) is 12.1 Å². The molecule has 18 heavy (non-hydrogen) atoms. The molecule has 2 rings (SSSR count). The number of carboxylic acids is 1. The van der Waals surface area contributed by atoms with Gasteiger partial charge in [0.05, 0.1) is 15.4 Å². The number of hydrogen-bond acceptors (Lipinski definition) is 3. The smallest absolute Gasteiger partial charge is 0.309 e. The molecule has 0 aliphatic heterocycles. The fraction of sp³-hybridized carbons (Fsp3) is 0.417. The Morgan fingerprint density at radius 2 is 2.17 bits per heavy atom. The first-order valence-electron chi connectivity index (χ1n) is 5.61. The minimum Gasteiger partial charge on any atom is -0.481 e. The largest absolute Gasteiger partial charge is 0.481 e. The van der Waals surface area contributed by atoms with Crippen molar-refractivity contribution < 1.29 is 14.8 Å². The van der Waals surface area contributed by atoms with E-state index >= 15 is 0 Å². The summed E-state index contributed by atoms with van der Waals surface area (Å²) in [6, 6.07) is 4.41. The van der Waals surface area contributed by atoms with Crippen molar-refractivity contribution in [1.82, 2.24) is 0 Å². The molecule has 0 unspecified atom stereocenters. The summed E-state index contributed by atoms with van der Waals surface area (Å²) in [6.45, 7) is 0. The van der Waals surface area contributed by atoms with Crippen molar-refractivity contribution in [1.29, 1.82) is 0 Å². The maximum atomic E-state index is 11.3. The molecule has 6 heteroatoms. The summed E-state index contributed by atoms with van der Waals surface area (Å²) in [5.41, 5.74) is -0.656. The first kappa shape index (κ1) is 12.8. The van der Waals surface area contributed by atoms with Gasteiger partial charge in [-0.05, 0) is 25.3 Å². The van der Waals surface area contributed by atoms with Gasteiger partial charge in [0.15, 0.2) is 0 Å². The predicted octanol–water partition coefficient (Wildman–Crippen LogP) is 3.05. The summed E-state index contributed by atoms with van der Waals surface area (Å²) in [4.78, 5) is 21.7. The second-order valence-electron chi connectivity index (χ2n) is 4.61. The monoisotopic (exact) mass is 269 g/mol. The van der Waals surface area contributed by atoms with Gasteiger partial charge in [0.1, 0.15) is 0 Å². The quantitative estimate of drug-likeness (QED) is 0.673. The molecule has 0 saturated heterocycles. The maximum Gasteiger partial charge on any atom is 0.309 e. The van der Waals surface area contributed by atoms with Crippen molar-refractivity contribution in [3.8, 4) is 0 Å². The number of hydrogen-bond donors (Lipinski definition) is 1. The summed E-state index contributed by atoms with van der Waals surface area (Å²) in [6.07, 6.45) is 2.05. The highest BCUT2D eigenvalue weighted by molar-refractivity contribution is 6.31. The van der Waals surface area contributed by atoms with E-state index in [-0.39, 0.29) is 17.1 Å². The van der Waals surface area contributed by atoms with Gasteiger partial charge < -0.3 is 5.11 Å². The zero-order chi connectivity index (χ0) is 13.3. The van der Waals surface area contributed by atoms with E-state index in [0.717, 1.165) is 6.42 Å². The molecular formula is C12H12ClNO4. The van der Waals surface area contributed by atoms with Crippen molar-refractivity contribution in [2.75, 3.05) is 0 Å². The second-order valence-corrected chi connectivity index (χ2v) is 5.02. The summed E-state index contributed by atoms with van der Waals surface area (Å²) < 4.78 is 0. The zero-order valence-corrected chi connectivity index (χ0v) is 10.3. The Hall–Kier alpha value is -1.62. The third-order valence-electron chi connectivity index (χ3n) is 3.57. The lowest BCUT2D eigenvalue weighted by atomic mass is 9.65. The molecule has 1 fully saturated rings. The lowest BCUT2D eigenvalue weighted by molar-refractivity contribution is -0.385. The summed E-state index contributed by atoms with van der Waals surface area (Å²) in [5, 5.41) is 20.4. The molecule has 0 amide bonds. The first-order chi connectivity index (χ1) is 8.46. The number of carbonyl (C=O) groups is 1. The summed E-state index contributed by atoms with van der Waals surface area (Å²) in [5.74, 6) is -0.900. The summed E-state index contributed by atoms with van der Waals surface area (Å²) in [7, 11) is 0. The van der Waals surface area contributed by atoms with E-state index in [1.54, 1.807) is 6.07 Å². The van der Waals surface area contributed by atoms with E-state index in [9.17, 15) is 20.0 Å². The average molecular weight is 270 g/mol. The molecule has 0 atom stereocenters. The van der Waals surface area contributed by atoms with Crippen LogP contribution in [-0.2, 0) is 11.2 Å². The Morgan fingerprint density at radius 1 is 1.50 bits per heavy atom. The van der Waals surface area contributed by atoms with Gasteiger partial charge in [-0.15, -0.1) is 0 Å². The van der Waals surface area contributed by atoms with E-state index in [2.05, 4.69) is 0 Å². The molecule has 96 valence electrons. The molecule has 1 aliphatic carbocycles. The van der Waals surface area contributed by atoms with Crippen LogP contribution in [0, 0.1) is 15.5 Å². The molecule has 5 nitrogen and oxygen atoms in total. The van der Waals surface area contributed by atoms with Crippen LogP contribution >= 0.6 is 11.6 Å². The van der Waals surface area contributed by atoms with Gasteiger partial charge >= 0.3 is 5.97 Å². The average Bonchev–Trinajstić information content (AvgIpc) is 2.24. The van der Waals surface area contributed by atoms with Crippen molar-refractivity contribution in [2.24, 2.45) is 5.41 Å². The van der Waals surface area contributed by atoms with E-state index in [4.69, 9.17) is 11.6 Å². The highest BCUT2D eigenvalue weighted by atomic mass is 35.5. The number of aliphatic carboxylic acids is 1. The molecular weight excluding hydrogens is 258 g/mol. The SMILES string of the molecule is O=C(O)C1(Cc2c(Cl)cccc2[N+](=O)[O-])CCC1. The van der Waals surface area contributed by atoms with Gasteiger partial charge in [0.25, 0.3) is 5.69 Å². The van der Waals surface area contributed by atoms with E-state index in [1.807, 2.05) is 0 Å². The Labute approximate surface area is 109 Å². The predicted molar refractivity (Wildman–Crippen MR) is 65.7 cm³/mol. The molecule has 0 spiro atoms. The fourth-order valence-electron chi connectivity index (χ4n) is 2.30. The first-order valence-corrected chi connectivity index (χ1v) is 5.99. The van der Waals surface area contributed by atoms with Crippen molar-refractivity contribution >= 4 is 23.3 Å². The van der Waals surface area contributed by atoms with Crippen LogP contribution in [-0.4, -0.2) is 16.0 Å². The van der Waals surface area contributed by atoms with Gasteiger partial charge in [-0.2, -0.15) is 0 Å². The number of benzene rings is 1. The minimum absolute atomic E-state index is 0.102. The van der Waals surface area contributed by atoms with Crippen LogP contribution in [0.5, 0.6) is 0 Å². The van der Waals surface area contributed by atoms with Crippen LogP contribution in [0.2, 0.25) is 5.02 Å². The second kappa shape index (κ2) is 4.57. The molecule has 0 bridgehead atoms. The molecule has 1 N–H and O–H groups in total. The molecule has 0 heterocycles. The number of rotatable bonds is 4. The highest BCUT2D eigenvalue weighted by Crippen LogP contribution is 2.46. The number of halogens is 1. The van der Waals surface area contributed by atoms with Crippen LogP contribution < -0.4 is 0 Å². The minimum atomic E-state index is -0.900. The van der Waals surface area contributed by atoms with Crippen LogP contribution in [0.15, 0.2) is 18.2 Å². The van der Waals surface area contributed by atoms with Crippen molar-refractivity contribution in [3.63, 3.8) is 0 Å². The maximum absolute atomic E-state index is 11.3. The molecule has 0 aromatic heterocycles. The standard InChI is InChI=1S/C12H12ClNO4/c13-9-3-1-4-10(14(17)18)8(9)7-12(11(15)16)5-2-6-12/h1,3-4H,2,5-7H2,(H,15,16). The van der Waals surface area contributed by atoms with Gasteiger partial charge in [-0.3, -0.25) is 14.9 Å². The van der Waals surface area contributed by atoms with Gasteiger partial charge in [-0.1, -0.05) is 24.1 Å². The topological polar surface area (TPSA) is 80.4 Å². The van der Waals surface area contributed by atoms with Crippen molar-refractivity contribution in [3.05, 3.63) is 38.9 Å². The molecule has 1 aliphatic rings. The van der Waals surface area contributed by atoms with Crippen molar-refractivity contribution in [2.45, 2.75) is 25.7 Å². The molecule has 0 radical (unpaired) electrons. The van der Waals surface area contributed by atoms with Crippen LogP contribution in [0.3, 0.4) is 0 Å². The van der Waals surface area contributed by atoms with Gasteiger partial charge in [0.2, 0.25) is 0 Å². The Balaban J connectivity index is 2.39. The summed E-state index contributed by atoms with van der Waals surface area (Å²) >= 11 is 5.97. The fourth-order valence-corrected chi connectivity index (χ4v) is 2.54. The third-order valence-corrected chi connectivity index (χ3v) is 3.92. The van der Waals surface area contributed by atoms with E-state index < -0.39 is 16.3 Å². The third kappa shape index (κ3) is 2.06. The van der Waals surface area contributed by atoms with E-state index in [0.29, 0.717) is 18.4 Å². The number of nitrogens with zero attached hydrogens (tertiary/aromatic N) is 1. The molecule has 1 aromatic rings. The highest BCUT2D eigenvalue weighted by Gasteiger charge is 2.45. The van der Waals surface area contributed by atoms with Crippen LogP contribution in [0.1, 0.15) is 24.8 Å². The van der Waals surface area contributed by atoms with Gasteiger partial charge in [-0.25, -0.2) is 0 Å². The molecule has 1 aromatic carbocycles. The number of nitro benzene ring substituents is 1. The number of carboxylic acid groups (broad SMARTS) is 1. The Kier molecular flexibility index (Phi) is 3.26. The Bertz CT molecular complexity index is 511. The van der Waals surface area contributed by atoms with Crippen LogP contribution in [0.25, 0.3) is 0 Å². The molecule has 1 saturated carbocycles. The lowest BCUT2D eigenvalue weighted by Crippen LogP contribution is -2.40. The Morgan fingerprint density at radius 3 is 2.61 bits per heavy atom.